The number of aromatic nitrogens is 6. The molecular formula is C18H22N8. The van der Waals surface area contributed by atoms with Crippen LogP contribution in [-0.4, -0.2) is 49.2 Å². The summed E-state index contributed by atoms with van der Waals surface area (Å²) in [5.41, 5.74) is 3.32. The van der Waals surface area contributed by atoms with Gasteiger partial charge in [-0.05, 0) is 19.8 Å². The predicted octanol–water partition coefficient (Wildman–Crippen LogP) is 1.25. The molecule has 2 aliphatic heterocycles. The van der Waals surface area contributed by atoms with Crippen LogP contribution in [0, 0.1) is 6.92 Å². The number of nitrogens with one attached hydrogen (secondary N) is 1. The average Bonchev–Trinajstić information content (AvgIpc) is 3.17. The summed E-state index contributed by atoms with van der Waals surface area (Å²) in [7, 11) is 0. The molecular weight excluding hydrogens is 328 g/mol. The number of piperidine rings is 1. The quantitative estimate of drug-likeness (QED) is 0.744. The van der Waals surface area contributed by atoms with E-state index in [1.54, 1.807) is 6.33 Å². The van der Waals surface area contributed by atoms with E-state index >= 15 is 0 Å². The summed E-state index contributed by atoms with van der Waals surface area (Å²) in [4.78, 5) is 16.6. The molecule has 3 aromatic rings. The van der Waals surface area contributed by atoms with E-state index in [0.717, 1.165) is 68.6 Å². The van der Waals surface area contributed by atoms with Gasteiger partial charge in [-0.15, -0.1) is 10.2 Å². The lowest BCUT2D eigenvalue weighted by Gasteiger charge is -2.32. The molecule has 5 heterocycles. The van der Waals surface area contributed by atoms with Gasteiger partial charge in [-0.25, -0.2) is 15.0 Å². The highest BCUT2D eigenvalue weighted by Gasteiger charge is 2.25. The molecule has 0 aliphatic carbocycles. The number of aryl methyl sites for hydroxylation is 1. The van der Waals surface area contributed by atoms with Gasteiger partial charge in [0.1, 0.15) is 23.8 Å². The van der Waals surface area contributed by atoms with E-state index in [-0.39, 0.29) is 0 Å². The Balaban J connectivity index is 1.32. The van der Waals surface area contributed by atoms with Crippen molar-refractivity contribution in [2.45, 2.75) is 38.6 Å². The Labute approximate surface area is 151 Å². The molecule has 0 radical (unpaired) electrons. The minimum Gasteiger partial charge on any atom is -0.356 e. The lowest BCUT2D eigenvalue weighted by Crippen LogP contribution is -2.34. The highest BCUT2D eigenvalue weighted by molar-refractivity contribution is 5.51. The molecule has 5 rings (SSSR count). The molecule has 1 saturated heterocycles. The first-order chi connectivity index (χ1) is 12.8. The maximum absolute atomic E-state index is 4.88. The van der Waals surface area contributed by atoms with E-state index in [9.17, 15) is 0 Å². The van der Waals surface area contributed by atoms with Crippen LogP contribution in [0.3, 0.4) is 0 Å². The van der Waals surface area contributed by atoms with Gasteiger partial charge in [-0.3, -0.25) is 4.40 Å². The Hall–Kier alpha value is -2.61. The second-order valence-electron chi connectivity index (χ2n) is 7.11. The zero-order valence-corrected chi connectivity index (χ0v) is 14.9. The fraction of sp³-hybridized carbons (Fsp3) is 0.500. The summed E-state index contributed by atoms with van der Waals surface area (Å²) in [6, 6.07) is 2.02. The molecule has 0 unspecified atom stereocenters. The zero-order chi connectivity index (χ0) is 17.5. The van der Waals surface area contributed by atoms with Gasteiger partial charge in [-0.2, -0.15) is 0 Å². The summed E-state index contributed by atoms with van der Waals surface area (Å²) < 4.78 is 1.91. The molecule has 26 heavy (non-hydrogen) atoms. The monoisotopic (exact) mass is 350 g/mol. The summed E-state index contributed by atoms with van der Waals surface area (Å²) in [5.74, 6) is 3.35. The van der Waals surface area contributed by atoms with Crippen molar-refractivity contribution in [3.05, 3.63) is 41.5 Å². The SMILES string of the molecule is Cc1nc(N2CCC(c3ncc4c(n3)CCNC4)CC2)cc2nncn12. The van der Waals surface area contributed by atoms with E-state index in [0.29, 0.717) is 5.92 Å². The fourth-order valence-electron chi connectivity index (χ4n) is 3.94. The highest BCUT2D eigenvalue weighted by Crippen LogP contribution is 2.29. The van der Waals surface area contributed by atoms with Gasteiger partial charge >= 0.3 is 0 Å². The fourth-order valence-corrected chi connectivity index (χ4v) is 3.94. The largest absolute Gasteiger partial charge is 0.356 e. The lowest BCUT2D eigenvalue weighted by atomic mass is 9.95. The molecule has 0 bridgehead atoms. The number of hydrogen-bond acceptors (Lipinski definition) is 7. The molecule has 0 atom stereocenters. The van der Waals surface area contributed by atoms with Crippen molar-refractivity contribution >= 4 is 11.5 Å². The molecule has 1 N–H and O–H groups in total. The summed E-state index contributed by atoms with van der Waals surface area (Å²) in [6.45, 7) is 5.82. The molecule has 0 spiro atoms. The first-order valence-corrected chi connectivity index (χ1v) is 9.25. The highest BCUT2D eigenvalue weighted by atomic mass is 15.3. The van der Waals surface area contributed by atoms with E-state index < -0.39 is 0 Å². The van der Waals surface area contributed by atoms with Crippen LogP contribution in [-0.2, 0) is 13.0 Å². The van der Waals surface area contributed by atoms with Crippen LogP contribution >= 0.6 is 0 Å². The van der Waals surface area contributed by atoms with Gasteiger partial charge in [0.25, 0.3) is 0 Å². The first-order valence-electron chi connectivity index (χ1n) is 9.25. The Morgan fingerprint density at radius 3 is 2.96 bits per heavy atom. The van der Waals surface area contributed by atoms with Gasteiger partial charge in [0.15, 0.2) is 5.65 Å². The molecule has 3 aromatic heterocycles. The maximum Gasteiger partial charge on any atom is 0.165 e. The third-order valence-corrected chi connectivity index (χ3v) is 5.47. The van der Waals surface area contributed by atoms with E-state index in [2.05, 4.69) is 25.4 Å². The smallest absolute Gasteiger partial charge is 0.165 e. The predicted molar refractivity (Wildman–Crippen MR) is 97.1 cm³/mol. The van der Waals surface area contributed by atoms with Crippen molar-refractivity contribution in [2.24, 2.45) is 0 Å². The van der Waals surface area contributed by atoms with Crippen molar-refractivity contribution in [1.29, 1.82) is 0 Å². The summed E-state index contributed by atoms with van der Waals surface area (Å²) >= 11 is 0. The molecule has 8 nitrogen and oxygen atoms in total. The number of rotatable bonds is 2. The minimum absolute atomic E-state index is 0.435. The number of anilines is 1. The van der Waals surface area contributed by atoms with Crippen molar-refractivity contribution in [2.75, 3.05) is 24.5 Å². The third-order valence-electron chi connectivity index (χ3n) is 5.47. The Morgan fingerprint density at radius 2 is 2.08 bits per heavy atom. The molecule has 0 saturated carbocycles. The van der Waals surface area contributed by atoms with Crippen molar-refractivity contribution in [1.82, 2.24) is 34.9 Å². The Kier molecular flexibility index (Phi) is 3.77. The molecule has 1 fully saturated rings. The normalized spacial score (nSPS) is 18.3. The summed E-state index contributed by atoms with van der Waals surface area (Å²) in [6.07, 6.45) is 6.83. The standard InChI is InChI=1S/C18H22N8/c1-12-22-16(8-17-24-21-11-26(12)17)25-6-3-13(4-7-25)18-20-10-14-9-19-5-2-15(14)23-18/h8,10-11,13,19H,2-7,9H2,1H3. The second-order valence-corrected chi connectivity index (χ2v) is 7.11. The van der Waals surface area contributed by atoms with Gasteiger partial charge in [0.2, 0.25) is 0 Å². The van der Waals surface area contributed by atoms with Crippen molar-refractivity contribution in [3.8, 4) is 0 Å². The van der Waals surface area contributed by atoms with Gasteiger partial charge in [0, 0.05) is 62.0 Å². The van der Waals surface area contributed by atoms with Crippen LogP contribution in [0.1, 0.15) is 41.7 Å². The van der Waals surface area contributed by atoms with Gasteiger partial charge in [0.05, 0.1) is 0 Å². The topological polar surface area (TPSA) is 84.1 Å². The van der Waals surface area contributed by atoms with Crippen molar-refractivity contribution in [3.63, 3.8) is 0 Å². The first kappa shape index (κ1) is 15.6. The molecule has 134 valence electrons. The van der Waals surface area contributed by atoms with Gasteiger partial charge in [-0.1, -0.05) is 0 Å². The zero-order valence-electron chi connectivity index (χ0n) is 14.9. The van der Waals surface area contributed by atoms with Crippen LogP contribution in [0.25, 0.3) is 5.65 Å². The van der Waals surface area contributed by atoms with E-state index in [1.807, 2.05) is 23.6 Å². The Morgan fingerprint density at radius 1 is 1.19 bits per heavy atom. The van der Waals surface area contributed by atoms with E-state index in [1.165, 1.54) is 11.3 Å². The van der Waals surface area contributed by atoms with Crippen LogP contribution in [0.15, 0.2) is 18.6 Å². The van der Waals surface area contributed by atoms with Crippen LogP contribution in [0.5, 0.6) is 0 Å². The Bertz CT molecular complexity index is 942. The molecule has 0 amide bonds. The van der Waals surface area contributed by atoms with Crippen LogP contribution < -0.4 is 10.2 Å². The average molecular weight is 350 g/mol. The molecule has 2 aliphatic rings. The van der Waals surface area contributed by atoms with Crippen LogP contribution in [0.4, 0.5) is 5.82 Å². The summed E-state index contributed by atoms with van der Waals surface area (Å²) in [5, 5.41) is 11.5. The van der Waals surface area contributed by atoms with Gasteiger partial charge < -0.3 is 10.2 Å². The number of nitrogens with zero attached hydrogens (tertiary/aromatic N) is 7. The van der Waals surface area contributed by atoms with E-state index in [4.69, 9.17) is 9.97 Å². The lowest BCUT2D eigenvalue weighted by molar-refractivity contribution is 0.478. The second kappa shape index (κ2) is 6.28. The number of hydrogen-bond donors (Lipinski definition) is 1. The maximum atomic E-state index is 4.88. The van der Waals surface area contributed by atoms with Crippen LogP contribution in [0.2, 0.25) is 0 Å². The minimum atomic E-state index is 0.435. The molecule has 8 heteroatoms. The number of fused-ring (bicyclic) bond motifs is 2. The van der Waals surface area contributed by atoms with Crippen molar-refractivity contribution < 1.29 is 0 Å². The third kappa shape index (κ3) is 2.70. The molecule has 0 aromatic carbocycles.